The van der Waals surface area contributed by atoms with Crippen LogP contribution in [-0.4, -0.2) is 36.2 Å². The zero-order valence-electron chi connectivity index (χ0n) is 14.8. The van der Waals surface area contributed by atoms with Gasteiger partial charge in [0, 0.05) is 6.07 Å². The van der Waals surface area contributed by atoms with Crippen molar-refractivity contribution >= 4 is 17.3 Å². The predicted octanol–water partition coefficient (Wildman–Crippen LogP) is 3.09. The van der Waals surface area contributed by atoms with Crippen LogP contribution in [0.5, 0.6) is 5.75 Å². The number of rotatable bonds is 6. The summed E-state index contributed by atoms with van der Waals surface area (Å²) >= 11 is 1.48. The minimum Gasteiger partial charge on any atom is -0.502 e. The van der Waals surface area contributed by atoms with E-state index in [0.717, 1.165) is 31.5 Å². The highest BCUT2D eigenvalue weighted by atomic mass is 32.1. The third kappa shape index (κ3) is 4.34. The first-order valence-electron chi connectivity index (χ1n) is 8.75. The van der Waals surface area contributed by atoms with Gasteiger partial charge in [0.25, 0.3) is 0 Å². The number of hydrogen-bond donors (Lipinski definition) is 1. The van der Waals surface area contributed by atoms with Crippen LogP contribution in [0.3, 0.4) is 0 Å². The summed E-state index contributed by atoms with van der Waals surface area (Å²) < 4.78 is 10.7. The van der Waals surface area contributed by atoms with Crippen LogP contribution in [0.25, 0.3) is 0 Å². The summed E-state index contributed by atoms with van der Waals surface area (Å²) in [6, 6.07) is 3.20. The Balaban J connectivity index is 1.94. The van der Waals surface area contributed by atoms with Crippen LogP contribution in [0, 0.1) is 0 Å². The molecule has 0 radical (unpaired) electrons. The predicted molar refractivity (Wildman–Crippen MR) is 98.6 cm³/mol. The van der Waals surface area contributed by atoms with E-state index in [1.54, 1.807) is 0 Å². The molecule has 0 amide bonds. The molecule has 1 aliphatic heterocycles. The van der Waals surface area contributed by atoms with E-state index in [1.807, 2.05) is 16.8 Å². The Morgan fingerprint density at radius 3 is 2.81 bits per heavy atom. The number of ether oxygens (including phenoxy) is 1. The van der Waals surface area contributed by atoms with E-state index < -0.39 is 23.1 Å². The van der Waals surface area contributed by atoms with Gasteiger partial charge in [-0.1, -0.05) is 6.42 Å². The normalized spacial score (nSPS) is 16.3. The third-order valence-corrected chi connectivity index (χ3v) is 5.39. The first-order chi connectivity index (χ1) is 12.6. The molecule has 1 N–H and O–H groups in total. The van der Waals surface area contributed by atoms with Crippen LogP contribution in [0.15, 0.2) is 32.1 Å². The fraction of sp³-hybridized carbons (Fsp3) is 0.474. The molecule has 140 valence electrons. The van der Waals surface area contributed by atoms with Crippen LogP contribution in [-0.2, 0) is 16.1 Å². The third-order valence-electron chi connectivity index (χ3n) is 4.69. The van der Waals surface area contributed by atoms with Gasteiger partial charge in [-0.2, -0.15) is 11.3 Å². The molecule has 1 atom stereocenters. The van der Waals surface area contributed by atoms with Crippen molar-refractivity contribution in [3.05, 3.63) is 50.2 Å². The zero-order valence-corrected chi connectivity index (χ0v) is 15.6. The molecule has 1 aliphatic rings. The highest BCUT2D eigenvalue weighted by molar-refractivity contribution is 7.08. The van der Waals surface area contributed by atoms with Crippen LogP contribution in [0.2, 0.25) is 0 Å². The fourth-order valence-electron chi connectivity index (χ4n) is 3.29. The van der Waals surface area contributed by atoms with Crippen LogP contribution in [0.4, 0.5) is 0 Å². The number of hydrogen-bond acceptors (Lipinski definition) is 7. The van der Waals surface area contributed by atoms with Gasteiger partial charge in [0.05, 0.1) is 26.0 Å². The van der Waals surface area contributed by atoms with E-state index >= 15 is 0 Å². The molecule has 0 aromatic carbocycles. The molecule has 2 aromatic heterocycles. The molecule has 3 heterocycles. The minimum absolute atomic E-state index is 0.00307. The van der Waals surface area contributed by atoms with Crippen molar-refractivity contribution in [3.8, 4) is 5.75 Å². The molecule has 0 unspecified atom stereocenters. The van der Waals surface area contributed by atoms with E-state index in [0.29, 0.717) is 12.3 Å². The highest BCUT2D eigenvalue weighted by Crippen LogP contribution is 2.34. The first kappa shape index (κ1) is 18.7. The van der Waals surface area contributed by atoms with E-state index in [-0.39, 0.29) is 12.2 Å². The van der Waals surface area contributed by atoms with Gasteiger partial charge >= 0.3 is 5.97 Å². The maximum absolute atomic E-state index is 12.3. The molecule has 2 aromatic rings. The Labute approximate surface area is 156 Å². The molecule has 26 heavy (non-hydrogen) atoms. The van der Waals surface area contributed by atoms with Gasteiger partial charge in [-0.05, 0) is 48.3 Å². The van der Waals surface area contributed by atoms with E-state index in [2.05, 4.69) is 4.90 Å². The molecule has 1 saturated heterocycles. The molecule has 0 spiro atoms. The highest BCUT2D eigenvalue weighted by Gasteiger charge is 2.27. The molecule has 1 fully saturated rings. The summed E-state index contributed by atoms with van der Waals surface area (Å²) in [7, 11) is 1.32. The van der Waals surface area contributed by atoms with E-state index in [1.165, 1.54) is 30.9 Å². The molecule has 3 rings (SSSR count). The van der Waals surface area contributed by atoms with Crippen LogP contribution in [0.1, 0.15) is 48.7 Å². The van der Waals surface area contributed by atoms with E-state index in [9.17, 15) is 14.7 Å². The Bertz CT molecular complexity index is 793. The van der Waals surface area contributed by atoms with Gasteiger partial charge in [-0.25, -0.2) is 0 Å². The lowest BCUT2D eigenvalue weighted by molar-refractivity contribution is -0.140. The smallest absolute Gasteiger partial charge is 0.306 e. The number of nitrogens with zero attached hydrogens (tertiary/aromatic N) is 1. The van der Waals surface area contributed by atoms with Crippen LogP contribution < -0.4 is 5.43 Å². The average molecular weight is 377 g/mol. The Morgan fingerprint density at radius 1 is 1.38 bits per heavy atom. The number of thiophene rings is 1. The number of methoxy groups -OCH3 is 1. The number of carbonyl (C=O) groups excluding carboxylic acids is 1. The van der Waals surface area contributed by atoms with Gasteiger partial charge in [-0.3, -0.25) is 14.5 Å². The maximum Gasteiger partial charge on any atom is 0.306 e. The number of likely N-dealkylation sites (tertiary alicyclic amines) is 1. The summed E-state index contributed by atoms with van der Waals surface area (Å²) in [5, 5.41) is 14.1. The van der Waals surface area contributed by atoms with Crippen molar-refractivity contribution in [2.24, 2.45) is 0 Å². The summed E-state index contributed by atoms with van der Waals surface area (Å²) in [5.74, 6) is -0.775. The average Bonchev–Trinajstić information content (AvgIpc) is 3.18. The molecule has 7 heteroatoms. The standard InChI is InChI=1S/C19H23NO5S/c1-24-17(22)10-15(13-5-8-26-12-13)19-18(23)16(21)9-14(25-19)11-20-6-3-2-4-7-20/h5,8-9,12,15,23H,2-4,6-7,10-11H2,1H3/t15-/m1/s1. The maximum atomic E-state index is 12.3. The molecule has 0 bridgehead atoms. The SMILES string of the molecule is COC(=O)C[C@H](c1ccsc1)c1oc(CN2CCCCC2)cc(=O)c1O. The fourth-order valence-corrected chi connectivity index (χ4v) is 4.01. The van der Waals surface area contributed by atoms with Gasteiger partial charge in [-0.15, -0.1) is 0 Å². The lowest BCUT2D eigenvalue weighted by atomic mass is 9.94. The Kier molecular flexibility index (Phi) is 6.11. The van der Waals surface area contributed by atoms with Crippen molar-refractivity contribution in [3.63, 3.8) is 0 Å². The summed E-state index contributed by atoms with van der Waals surface area (Å²) in [6.07, 6.45) is 3.49. The summed E-state index contributed by atoms with van der Waals surface area (Å²) in [6.45, 7) is 2.46. The second-order valence-electron chi connectivity index (χ2n) is 6.52. The van der Waals surface area contributed by atoms with Gasteiger partial charge in [0.1, 0.15) is 5.76 Å². The summed E-state index contributed by atoms with van der Waals surface area (Å²) in [5.41, 5.74) is 0.331. The molecule has 6 nitrogen and oxygen atoms in total. The van der Waals surface area contributed by atoms with Crippen molar-refractivity contribution in [1.29, 1.82) is 0 Å². The van der Waals surface area contributed by atoms with Crippen LogP contribution >= 0.6 is 11.3 Å². The number of esters is 1. The molecular weight excluding hydrogens is 354 g/mol. The van der Waals surface area contributed by atoms with Crippen molar-refractivity contribution in [2.45, 2.75) is 38.1 Å². The zero-order chi connectivity index (χ0) is 18.5. The lowest BCUT2D eigenvalue weighted by Gasteiger charge is -2.26. The Hall–Kier alpha value is -2.12. The number of piperidine rings is 1. The molecular formula is C19H23NO5S. The van der Waals surface area contributed by atoms with Crippen molar-refractivity contribution in [1.82, 2.24) is 4.90 Å². The second-order valence-corrected chi connectivity index (χ2v) is 7.30. The van der Waals surface area contributed by atoms with Crippen molar-refractivity contribution in [2.75, 3.05) is 20.2 Å². The molecule has 0 aliphatic carbocycles. The van der Waals surface area contributed by atoms with Gasteiger partial charge in [0.15, 0.2) is 5.76 Å². The second kappa shape index (κ2) is 8.51. The topological polar surface area (TPSA) is 80.0 Å². The Morgan fingerprint density at radius 2 is 2.15 bits per heavy atom. The van der Waals surface area contributed by atoms with E-state index in [4.69, 9.17) is 9.15 Å². The quantitative estimate of drug-likeness (QED) is 0.779. The summed E-state index contributed by atoms with van der Waals surface area (Å²) in [4.78, 5) is 26.4. The monoisotopic (exact) mass is 377 g/mol. The first-order valence-corrected chi connectivity index (χ1v) is 9.70. The lowest BCUT2D eigenvalue weighted by Crippen LogP contribution is -2.29. The minimum atomic E-state index is -0.553. The number of carbonyl (C=O) groups is 1. The van der Waals surface area contributed by atoms with Crippen molar-refractivity contribution < 1.29 is 19.1 Å². The molecule has 0 saturated carbocycles. The van der Waals surface area contributed by atoms with Gasteiger partial charge in [0.2, 0.25) is 11.2 Å². The van der Waals surface area contributed by atoms with Gasteiger partial charge < -0.3 is 14.3 Å². The number of aromatic hydroxyl groups is 1. The largest absolute Gasteiger partial charge is 0.502 e.